The molecule has 0 atom stereocenters. The van der Waals surface area contributed by atoms with Gasteiger partial charge < -0.3 is 14.6 Å². The Hall–Kier alpha value is -1.99. The van der Waals surface area contributed by atoms with Gasteiger partial charge >= 0.3 is 12.1 Å². The van der Waals surface area contributed by atoms with Crippen LogP contribution in [0.15, 0.2) is 12.1 Å². The molecule has 1 aromatic heterocycles. The largest absolute Gasteiger partial charge is 0.487 e. The van der Waals surface area contributed by atoms with Crippen molar-refractivity contribution < 1.29 is 32.5 Å². The maximum Gasteiger partial charge on any atom is 0.397 e. The van der Waals surface area contributed by atoms with Gasteiger partial charge in [0, 0.05) is 0 Å². The van der Waals surface area contributed by atoms with Gasteiger partial charge in [0.2, 0.25) is 0 Å². The maximum atomic E-state index is 12.7. The summed E-state index contributed by atoms with van der Waals surface area (Å²) in [7, 11) is 1.23. The number of carboxylic acids is 1. The number of hydrogen-bond acceptors (Lipinski definition) is 4. The van der Waals surface area contributed by atoms with Crippen molar-refractivity contribution in [3.05, 3.63) is 17.8 Å². The Labute approximate surface area is 112 Å². The fourth-order valence-corrected chi connectivity index (χ4v) is 1.68. The number of aromatic nitrogens is 1. The fourth-order valence-electron chi connectivity index (χ4n) is 1.68. The Bertz CT molecular complexity index is 526. The van der Waals surface area contributed by atoms with Crippen molar-refractivity contribution >= 4 is 5.97 Å². The number of methoxy groups -OCH3 is 1. The van der Waals surface area contributed by atoms with E-state index in [0.717, 1.165) is 6.07 Å². The molecule has 0 bridgehead atoms. The van der Waals surface area contributed by atoms with Gasteiger partial charge in [0.1, 0.15) is 12.0 Å². The second kappa shape index (κ2) is 4.84. The predicted octanol–water partition coefficient (Wildman–Crippen LogP) is 2.51. The molecule has 0 aliphatic heterocycles. The summed E-state index contributed by atoms with van der Waals surface area (Å²) in [5.41, 5.74) is -2.07. The van der Waals surface area contributed by atoms with Crippen LogP contribution in [0.3, 0.4) is 0 Å². The van der Waals surface area contributed by atoms with Crippen molar-refractivity contribution in [3.8, 4) is 11.6 Å². The molecule has 1 aromatic rings. The summed E-state index contributed by atoms with van der Waals surface area (Å²) < 4.78 is 48.2. The Kier molecular flexibility index (Phi) is 3.49. The molecule has 1 fully saturated rings. The minimum Gasteiger partial charge on any atom is -0.487 e. The van der Waals surface area contributed by atoms with Crippen LogP contribution in [0.25, 0.3) is 0 Å². The number of carboxylic acid groups (broad SMARTS) is 1. The van der Waals surface area contributed by atoms with E-state index in [1.807, 2.05) is 0 Å². The normalized spacial score (nSPS) is 16.6. The van der Waals surface area contributed by atoms with E-state index in [1.165, 1.54) is 13.2 Å². The number of nitrogens with zero attached hydrogens (tertiary/aromatic N) is 1. The van der Waals surface area contributed by atoms with Crippen molar-refractivity contribution in [2.75, 3.05) is 13.7 Å². The van der Waals surface area contributed by atoms with E-state index in [-0.39, 0.29) is 30.2 Å². The zero-order valence-electron chi connectivity index (χ0n) is 10.5. The summed E-state index contributed by atoms with van der Waals surface area (Å²) in [6.45, 7) is -0.527. The first kappa shape index (κ1) is 14.4. The van der Waals surface area contributed by atoms with E-state index in [9.17, 15) is 18.0 Å². The molecule has 1 N–H and O–H groups in total. The van der Waals surface area contributed by atoms with E-state index in [1.54, 1.807) is 0 Å². The Balaban J connectivity index is 2.12. The van der Waals surface area contributed by atoms with Gasteiger partial charge in [-0.1, -0.05) is 0 Å². The molecular weight excluding hydrogens is 279 g/mol. The van der Waals surface area contributed by atoms with Crippen LogP contribution in [0.2, 0.25) is 0 Å². The maximum absolute atomic E-state index is 12.7. The number of hydrogen-bond donors (Lipinski definition) is 1. The van der Waals surface area contributed by atoms with Crippen molar-refractivity contribution in [1.82, 2.24) is 4.98 Å². The van der Waals surface area contributed by atoms with Gasteiger partial charge in [-0.2, -0.15) is 13.2 Å². The van der Waals surface area contributed by atoms with Crippen LogP contribution in [-0.4, -0.2) is 36.0 Å². The van der Waals surface area contributed by atoms with Gasteiger partial charge in [-0.25, -0.2) is 9.78 Å². The molecule has 0 saturated heterocycles. The van der Waals surface area contributed by atoms with Crippen LogP contribution in [-0.2, 0) is 0 Å². The zero-order chi connectivity index (χ0) is 15.0. The molecular formula is C12H12F3NO4. The van der Waals surface area contributed by atoms with Gasteiger partial charge in [0.25, 0.3) is 5.88 Å². The van der Waals surface area contributed by atoms with Crippen molar-refractivity contribution in [2.24, 2.45) is 5.41 Å². The summed E-state index contributed by atoms with van der Waals surface area (Å²) in [4.78, 5) is 14.4. The lowest BCUT2D eigenvalue weighted by Gasteiger charge is -2.20. The topological polar surface area (TPSA) is 68.7 Å². The predicted molar refractivity (Wildman–Crippen MR) is 61.0 cm³/mol. The Morgan fingerprint density at radius 3 is 2.55 bits per heavy atom. The monoisotopic (exact) mass is 291 g/mol. The molecule has 1 aliphatic rings. The third-order valence-electron chi connectivity index (χ3n) is 3.20. The summed E-state index contributed by atoms with van der Waals surface area (Å²) >= 11 is 0. The summed E-state index contributed by atoms with van der Waals surface area (Å²) in [5, 5.41) is 8.76. The minimum absolute atomic E-state index is 0.00646. The van der Waals surface area contributed by atoms with Crippen molar-refractivity contribution in [2.45, 2.75) is 19.0 Å². The first-order chi connectivity index (χ1) is 9.29. The smallest absolute Gasteiger partial charge is 0.397 e. The number of rotatable bonds is 5. The van der Waals surface area contributed by atoms with E-state index >= 15 is 0 Å². The highest BCUT2D eigenvalue weighted by Crippen LogP contribution is 2.57. The molecule has 0 unspecified atom stereocenters. The molecule has 0 aromatic carbocycles. The molecule has 1 saturated carbocycles. The van der Waals surface area contributed by atoms with Crippen LogP contribution < -0.4 is 9.47 Å². The highest BCUT2D eigenvalue weighted by Gasteiger charge is 2.63. The van der Waals surface area contributed by atoms with Crippen molar-refractivity contribution in [1.29, 1.82) is 0 Å². The minimum atomic E-state index is -4.31. The molecule has 2 rings (SSSR count). The first-order valence-corrected chi connectivity index (χ1v) is 5.77. The van der Waals surface area contributed by atoms with Crippen LogP contribution >= 0.6 is 0 Å². The van der Waals surface area contributed by atoms with Crippen molar-refractivity contribution in [3.63, 3.8) is 0 Å². The molecule has 5 nitrogen and oxygen atoms in total. The molecule has 0 radical (unpaired) electrons. The zero-order valence-corrected chi connectivity index (χ0v) is 10.5. The first-order valence-electron chi connectivity index (χ1n) is 5.77. The standard InChI is InChI=1S/C12H12F3NO4/c1-19-9-8(3-2-7(16-9)10(17)18)20-6-11(4-5-11)12(13,14)15/h2-3H,4-6H2,1H3,(H,17,18). The second-order valence-corrected chi connectivity index (χ2v) is 4.58. The quantitative estimate of drug-likeness (QED) is 0.902. The van der Waals surface area contributed by atoms with Gasteiger partial charge in [-0.3, -0.25) is 0 Å². The molecule has 8 heteroatoms. The summed E-state index contributed by atoms with van der Waals surface area (Å²) in [6.07, 6.45) is -4.26. The van der Waals surface area contributed by atoms with E-state index < -0.39 is 24.2 Å². The highest BCUT2D eigenvalue weighted by atomic mass is 19.4. The number of halogens is 3. The summed E-state index contributed by atoms with van der Waals surface area (Å²) in [6, 6.07) is 2.38. The molecule has 0 amide bonds. The van der Waals surface area contributed by atoms with Crippen LogP contribution in [0, 0.1) is 5.41 Å². The van der Waals surface area contributed by atoms with Crippen LogP contribution in [0.1, 0.15) is 23.3 Å². The van der Waals surface area contributed by atoms with Crippen LogP contribution in [0.4, 0.5) is 13.2 Å². The molecule has 20 heavy (non-hydrogen) atoms. The molecule has 110 valence electrons. The molecule has 0 spiro atoms. The average Bonchev–Trinajstić information content (AvgIpc) is 3.16. The van der Waals surface area contributed by atoms with Gasteiger partial charge in [0.05, 0.1) is 7.11 Å². The lowest BCUT2D eigenvalue weighted by atomic mass is 10.1. The second-order valence-electron chi connectivity index (χ2n) is 4.58. The number of carbonyl (C=O) groups is 1. The number of pyridine rings is 1. The van der Waals surface area contributed by atoms with Gasteiger partial charge in [-0.15, -0.1) is 0 Å². The van der Waals surface area contributed by atoms with Gasteiger partial charge in [0.15, 0.2) is 11.4 Å². The number of ether oxygens (including phenoxy) is 2. The van der Waals surface area contributed by atoms with E-state index in [0.29, 0.717) is 0 Å². The third-order valence-corrected chi connectivity index (χ3v) is 3.20. The third kappa shape index (κ3) is 2.63. The molecule has 1 heterocycles. The van der Waals surface area contributed by atoms with E-state index in [2.05, 4.69) is 4.98 Å². The Morgan fingerprint density at radius 1 is 1.45 bits per heavy atom. The van der Waals surface area contributed by atoms with Crippen LogP contribution in [0.5, 0.6) is 11.6 Å². The summed E-state index contributed by atoms with van der Waals surface area (Å²) in [5.74, 6) is -1.42. The van der Waals surface area contributed by atoms with E-state index in [4.69, 9.17) is 14.6 Å². The lowest BCUT2D eigenvalue weighted by molar-refractivity contribution is -0.194. The van der Waals surface area contributed by atoms with Gasteiger partial charge in [-0.05, 0) is 25.0 Å². The number of alkyl halides is 3. The molecule has 1 aliphatic carbocycles. The lowest BCUT2D eigenvalue weighted by Crippen LogP contribution is -2.30. The SMILES string of the molecule is COc1nc(C(=O)O)ccc1OCC1(C(F)(F)F)CC1. The number of aromatic carboxylic acids is 1. The fraction of sp³-hybridized carbons (Fsp3) is 0.500. The highest BCUT2D eigenvalue weighted by molar-refractivity contribution is 5.85. The average molecular weight is 291 g/mol. The Morgan fingerprint density at radius 2 is 2.10 bits per heavy atom.